The molecule has 5 heteroatoms. The smallest absolute Gasteiger partial charge is 0.150 e. The zero-order valence-electron chi connectivity index (χ0n) is 11.4. The third kappa shape index (κ3) is 3.29. The van der Waals surface area contributed by atoms with E-state index in [9.17, 15) is 8.78 Å². The van der Waals surface area contributed by atoms with Crippen molar-refractivity contribution in [1.82, 2.24) is 0 Å². The van der Waals surface area contributed by atoms with Gasteiger partial charge in [-0.1, -0.05) is 34.8 Å². The lowest BCUT2D eigenvalue weighted by Crippen LogP contribution is -2.19. The second-order valence-corrected chi connectivity index (χ2v) is 7.32. The van der Waals surface area contributed by atoms with Crippen LogP contribution in [0.3, 0.4) is 0 Å². The van der Waals surface area contributed by atoms with Crippen molar-refractivity contribution >= 4 is 33.0 Å². The van der Waals surface area contributed by atoms with Crippen molar-refractivity contribution in [2.24, 2.45) is 5.92 Å². The van der Waals surface area contributed by atoms with E-state index >= 15 is 0 Å². The molecular formula is C16H16BrF2NS. The Morgan fingerprint density at radius 1 is 1.19 bits per heavy atom. The van der Waals surface area contributed by atoms with Crippen LogP contribution in [0.4, 0.5) is 14.5 Å². The van der Waals surface area contributed by atoms with Gasteiger partial charge in [0.2, 0.25) is 0 Å². The molecule has 3 rings (SSSR count). The third-order valence-corrected chi connectivity index (χ3v) is 5.44. The monoisotopic (exact) mass is 371 g/mol. The molecule has 0 amide bonds. The molecule has 1 N–H and O–H groups in total. The molecule has 0 bridgehead atoms. The first kappa shape index (κ1) is 15.0. The lowest BCUT2D eigenvalue weighted by atomic mass is 9.96. The normalized spacial score (nSPS) is 17.1. The Balaban J connectivity index is 1.91. The van der Waals surface area contributed by atoms with Crippen LogP contribution in [0.1, 0.15) is 36.6 Å². The molecule has 0 spiro atoms. The standard InChI is InChI=1S/C16H16BrF2NS/c17-11-8-12(18)16(13(19)9-11)20-15(10-4-1-2-5-10)14-6-3-7-21-14/h3,6-10,15,20H,1-2,4-5H2. The number of nitrogens with one attached hydrogen (secondary N) is 1. The molecule has 1 saturated carbocycles. The minimum absolute atomic E-state index is 0.0160. The van der Waals surface area contributed by atoms with Crippen molar-refractivity contribution in [1.29, 1.82) is 0 Å². The Morgan fingerprint density at radius 3 is 2.43 bits per heavy atom. The second-order valence-electron chi connectivity index (χ2n) is 5.43. The van der Waals surface area contributed by atoms with Gasteiger partial charge < -0.3 is 5.32 Å². The molecule has 0 aliphatic heterocycles. The molecule has 1 aliphatic rings. The van der Waals surface area contributed by atoms with Crippen molar-refractivity contribution in [2.75, 3.05) is 5.32 Å². The number of benzene rings is 1. The molecule has 1 atom stereocenters. The van der Waals surface area contributed by atoms with Gasteiger partial charge in [-0.25, -0.2) is 8.78 Å². The fraction of sp³-hybridized carbons (Fsp3) is 0.375. The van der Waals surface area contributed by atoms with Gasteiger partial charge in [-0.05, 0) is 42.3 Å². The summed E-state index contributed by atoms with van der Waals surface area (Å²) in [6, 6.07) is 6.60. The lowest BCUT2D eigenvalue weighted by Gasteiger charge is -2.25. The summed E-state index contributed by atoms with van der Waals surface area (Å²) in [5.41, 5.74) is -0.0245. The summed E-state index contributed by atoms with van der Waals surface area (Å²) in [6.07, 6.45) is 4.60. The molecule has 2 aromatic rings. The van der Waals surface area contributed by atoms with E-state index in [0.29, 0.717) is 10.4 Å². The van der Waals surface area contributed by atoms with Crippen molar-refractivity contribution in [3.8, 4) is 0 Å². The minimum Gasteiger partial charge on any atom is -0.372 e. The van der Waals surface area contributed by atoms with Crippen molar-refractivity contribution in [3.63, 3.8) is 0 Å². The molecule has 21 heavy (non-hydrogen) atoms. The van der Waals surface area contributed by atoms with E-state index in [-0.39, 0.29) is 11.7 Å². The molecule has 1 unspecified atom stereocenters. The molecule has 1 aliphatic carbocycles. The molecule has 1 fully saturated rings. The Hall–Kier alpha value is -0.940. The quantitative estimate of drug-likeness (QED) is 0.681. The lowest BCUT2D eigenvalue weighted by molar-refractivity contribution is 0.468. The fourth-order valence-corrected chi connectivity index (χ4v) is 4.29. The summed E-state index contributed by atoms with van der Waals surface area (Å²) < 4.78 is 28.6. The average Bonchev–Trinajstić information content (AvgIpc) is 3.11. The van der Waals surface area contributed by atoms with Gasteiger partial charge in [-0.2, -0.15) is 0 Å². The van der Waals surface area contributed by atoms with Crippen LogP contribution in [0, 0.1) is 17.6 Å². The molecule has 1 aromatic heterocycles. The Bertz CT molecular complexity index is 586. The summed E-state index contributed by atoms with van der Waals surface area (Å²) in [7, 11) is 0. The van der Waals surface area contributed by atoms with Gasteiger partial charge >= 0.3 is 0 Å². The maximum absolute atomic E-state index is 14.1. The Labute approximate surface area is 135 Å². The first-order valence-electron chi connectivity index (χ1n) is 7.09. The summed E-state index contributed by atoms with van der Waals surface area (Å²) in [4.78, 5) is 1.14. The number of rotatable bonds is 4. The maximum Gasteiger partial charge on any atom is 0.150 e. The van der Waals surface area contributed by atoms with Crippen LogP contribution in [-0.2, 0) is 0 Å². The summed E-state index contributed by atoms with van der Waals surface area (Å²) in [5.74, 6) is -0.672. The largest absolute Gasteiger partial charge is 0.372 e. The van der Waals surface area contributed by atoms with E-state index in [0.717, 1.165) is 17.7 Å². The van der Waals surface area contributed by atoms with Gasteiger partial charge in [-0.15, -0.1) is 11.3 Å². The number of hydrogen-bond donors (Lipinski definition) is 1. The number of hydrogen-bond acceptors (Lipinski definition) is 2. The Morgan fingerprint density at radius 2 is 1.86 bits per heavy atom. The van der Waals surface area contributed by atoms with Gasteiger partial charge in [0.1, 0.15) is 17.3 Å². The van der Waals surface area contributed by atoms with Crippen LogP contribution in [0.25, 0.3) is 0 Å². The molecule has 1 nitrogen and oxygen atoms in total. The third-order valence-electron chi connectivity index (χ3n) is 4.03. The summed E-state index contributed by atoms with van der Waals surface area (Å²) in [5, 5.41) is 5.13. The molecule has 1 aromatic carbocycles. The molecule has 0 saturated heterocycles. The van der Waals surface area contributed by atoms with E-state index in [1.165, 1.54) is 25.0 Å². The van der Waals surface area contributed by atoms with Gasteiger partial charge in [0.05, 0.1) is 6.04 Å². The van der Waals surface area contributed by atoms with E-state index < -0.39 is 11.6 Å². The number of halogens is 3. The minimum atomic E-state index is -0.554. The highest BCUT2D eigenvalue weighted by atomic mass is 79.9. The molecule has 1 heterocycles. The van der Waals surface area contributed by atoms with E-state index in [1.54, 1.807) is 11.3 Å². The number of anilines is 1. The van der Waals surface area contributed by atoms with E-state index in [4.69, 9.17) is 0 Å². The van der Waals surface area contributed by atoms with Gasteiger partial charge in [0.15, 0.2) is 0 Å². The van der Waals surface area contributed by atoms with Crippen LogP contribution in [0.2, 0.25) is 0 Å². The van der Waals surface area contributed by atoms with Crippen molar-refractivity contribution in [2.45, 2.75) is 31.7 Å². The highest BCUT2D eigenvalue weighted by Crippen LogP contribution is 2.40. The molecule has 0 radical (unpaired) electrons. The molecule has 112 valence electrons. The predicted octanol–water partition coefficient (Wildman–Crippen LogP) is 6.13. The number of thiophene rings is 1. The van der Waals surface area contributed by atoms with Gasteiger partial charge in [0.25, 0.3) is 0 Å². The first-order valence-corrected chi connectivity index (χ1v) is 8.77. The van der Waals surface area contributed by atoms with Gasteiger partial charge in [0, 0.05) is 9.35 Å². The van der Waals surface area contributed by atoms with Crippen LogP contribution < -0.4 is 5.32 Å². The van der Waals surface area contributed by atoms with Crippen LogP contribution >= 0.6 is 27.3 Å². The Kier molecular flexibility index (Phi) is 4.60. The van der Waals surface area contributed by atoms with Crippen LogP contribution in [0.5, 0.6) is 0 Å². The van der Waals surface area contributed by atoms with E-state index in [2.05, 4.69) is 21.2 Å². The topological polar surface area (TPSA) is 12.0 Å². The summed E-state index contributed by atoms with van der Waals surface area (Å²) >= 11 is 4.75. The zero-order valence-corrected chi connectivity index (χ0v) is 13.8. The highest BCUT2D eigenvalue weighted by Gasteiger charge is 2.28. The first-order chi connectivity index (χ1) is 10.1. The van der Waals surface area contributed by atoms with Crippen LogP contribution in [-0.4, -0.2) is 0 Å². The maximum atomic E-state index is 14.1. The zero-order chi connectivity index (χ0) is 14.8. The van der Waals surface area contributed by atoms with Gasteiger partial charge in [-0.3, -0.25) is 0 Å². The van der Waals surface area contributed by atoms with Crippen molar-refractivity contribution < 1.29 is 8.78 Å². The average molecular weight is 372 g/mol. The molecular weight excluding hydrogens is 356 g/mol. The SMILES string of the molecule is Fc1cc(Br)cc(F)c1NC(c1cccs1)C1CCCC1. The second kappa shape index (κ2) is 6.44. The highest BCUT2D eigenvalue weighted by molar-refractivity contribution is 9.10. The summed E-state index contributed by atoms with van der Waals surface area (Å²) in [6.45, 7) is 0. The predicted molar refractivity (Wildman–Crippen MR) is 86.7 cm³/mol. The van der Waals surface area contributed by atoms with Crippen molar-refractivity contribution in [3.05, 3.63) is 50.6 Å². The van der Waals surface area contributed by atoms with Crippen LogP contribution in [0.15, 0.2) is 34.1 Å². The van der Waals surface area contributed by atoms with E-state index in [1.807, 2.05) is 17.5 Å². The fourth-order valence-electron chi connectivity index (χ4n) is 3.02.